The fourth-order valence-corrected chi connectivity index (χ4v) is 3.04. The molecule has 3 rings (SSSR count). The van der Waals surface area contributed by atoms with Gasteiger partial charge in [0.25, 0.3) is 0 Å². The highest BCUT2D eigenvalue weighted by Crippen LogP contribution is 2.32. The van der Waals surface area contributed by atoms with Crippen molar-refractivity contribution in [3.63, 3.8) is 0 Å². The molecule has 0 aromatic heterocycles. The summed E-state index contributed by atoms with van der Waals surface area (Å²) in [6.45, 7) is 0. The predicted octanol–water partition coefficient (Wildman–Crippen LogP) is 1.15. The fourth-order valence-electron chi connectivity index (χ4n) is 3.04. The molecule has 2 aliphatic rings. The summed E-state index contributed by atoms with van der Waals surface area (Å²) in [5.41, 5.74) is 8.63. The highest BCUT2D eigenvalue weighted by atomic mass is 16.5. The van der Waals surface area contributed by atoms with Gasteiger partial charge in [0.05, 0.1) is 18.2 Å². The van der Waals surface area contributed by atoms with Crippen LogP contribution < -0.4 is 11.1 Å². The molecule has 2 atom stereocenters. The van der Waals surface area contributed by atoms with Gasteiger partial charge in [0.1, 0.15) is 0 Å². The van der Waals surface area contributed by atoms with Crippen molar-refractivity contribution in [2.75, 3.05) is 7.11 Å². The summed E-state index contributed by atoms with van der Waals surface area (Å²) < 4.78 is 5.20. The van der Waals surface area contributed by atoms with Gasteiger partial charge in [-0.05, 0) is 30.4 Å². The van der Waals surface area contributed by atoms with Gasteiger partial charge in [0.2, 0.25) is 5.91 Å². The molecule has 4 nitrogen and oxygen atoms in total. The van der Waals surface area contributed by atoms with Crippen molar-refractivity contribution in [1.29, 1.82) is 0 Å². The van der Waals surface area contributed by atoms with Gasteiger partial charge in [-0.15, -0.1) is 0 Å². The molecule has 2 aliphatic carbocycles. The molecule has 0 radical (unpaired) electrons. The Morgan fingerprint density at radius 1 is 1.37 bits per heavy atom. The largest absolute Gasteiger partial charge is 0.381 e. The van der Waals surface area contributed by atoms with Gasteiger partial charge in [0.15, 0.2) is 0 Å². The van der Waals surface area contributed by atoms with E-state index in [0.29, 0.717) is 0 Å². The van der Waals surface area contributed by atoms with Crippen molar-refractivity contribution < 1.29 is 9.53 Å². The summed E-state index contributed by atoms with van der Waals surface area (Å²) in [7, 11) is 1.70. The first-order valence-corrected chi connectivity index (χ1v) is 6.85. The highest BCUT2D eigenvalue weighted by molar-refractivity contribution is 5.80. The van der Waals surface area contributed by atoms with Crippen LogP contribution in [0.25, 0.3) is 0 Å². The van der Waals surface area contributed by atoms with Gasteiger partial charge in [0, 0.05) is 13.0 Å². The average Bonchev–Trinajstić information content (AvgIpc) is 2.66. The zero-order valence-electron chi connectivity index (χ0n) is 11.1. The molecular formula is C15H20N2O2. The van der Waals surface area contributed by atoms with E-state index in [1.165, 1.54) is 5.56 Å². The van der Waals surface area contributed by atoms with Crippen LogP contribution in [0.5, 0.6) is 0 Å². The Morgan fingerprint density at radius 3 is 2.79 bits per heavy atom. The minimum Gasteiger partial charge on any atom is -0.381 e. The Morgan fingerprint density at radius 2 is 2.11 bits per heavy atom. The van der Waals surface area contributed by atoms with Crippen molar-refractivity contribution >= 4 is 5.91 Å². The molecule has 1 aromatic rings. The lowest BCUT2D eigenvalue weighted by atomic mass is 9.81. The van der Waals surface area contributed by atoms with Crippen LogP contribution in [0.1, 0.15) is 30.0 Å². The maximum atomic E-state index is 12.1. The minimum absolute atomic E-state index is 0.0338. The van der Waals surface area contributed by atoms with Crippen LogP contribution >= 0.6 is 0 Å². The normalized spacial score (nSPS) is 32.5. The summed E-state index contributed by atoms with van der Waals surface area (Å²) in [5.74, 6) is 0.224. The first kappa shape index (κ1) is 12.6. The minimum atomic E-state index is -0.0848. The van der Waals surface area contributed by atoms with Crippen LogP contribution in [0.15, 0.2) is 24.3 Å². The van der Waals surface area contributed by atoms with Gasteiger partial charge in [-0.25, -0.2) is 0 Å². The molecule has 1 saturated carbocycles. The Labute approximate surface area is 113 Å². The number of hydrogen-bond acceptors (Lipinski definition) is 3. The molecule has 0 spiro atoms. The summed E-state index contributed by atoms with van der Waals surface area (Å²) >= 11 is 0. The molecular weight excluding hydrogens is 240 g/mol. The summed E-state index contributed by atoms with van der Waals surface area (Å²) in [6.07, 6.45) is 2.75. The van der Waals surface area contributed by atoms with E-state index in [2.05, 4.69) is 17.4 Å². The van der Waals surface area contributed by atoms with Crippen molar-refractivity contribution in [2.24, 2.45) is 11.7 Å². The lowest BCUT2D eigenvalue weighted by molar-refractivity contribution is -0.133. The molecule has 0 heterocycles. The number of benzene rings is 1. The second-order valence-electron chi connectivity index (χ2n) is 5.57. The average molecular weight is 260 g/mol. The SMILES string of the molecule is COC1CC(C(=O)N[C@@H]2Cc3ccccc3[C@H]2N)C1. The van der Waals surface area contributed by atoms with E-state index in [4.69, 9.17) is 10.5 Å². The van der Waals surface area contributed by atoms with Gasteiger partial charge in [-0.1, -0.05) is 24.3 Å². The van der Waals surface area contributed by atoms with Crippen LogP contribution in [-0.4, -0.2) is 25.2 Å². The second-order valence-corrected chi connectivity index (χ2v) is 5.57. The van der Waals surface area contributed by atoms with E-state index in [-0.39, 0.29) is 30.0 Å². The number of nitrogens with one attached hydrogen (secondary N) is 1. The molecule has 1 fully saturated rings. The standard InChI is InChI=1S/C15H20N2O2/c1-19-11-6-10(7-11)15(18)17-13-8-9-4-2-3-5-12(9)14(13)16/h2-5,10-11,13-14H,6-8,16H2,1H3,(H,17,18)/t10?,11?,13-,14-/m1/s1. The highest BCUT2D eigenvalue weighted by Gasteiger charge is 2.37. The number of methoxy groups -OCH3 is 1. The van der Waals surface area contributed by atoms with Crippen LogP contribution in [0.2, 0.25) is 0 Å². The van der Waals surface area contributed by atoms with Crippen LogP contribution in [0.3, 0.4) is 0 Å². The molecule has 102 valence electrons. The van der Waals surface area contributed by atoms with E-state index < -0.39 is 0 Å². The van der Waals surface area contributed by atoms with Gasteiger partial charge < -0.3 is 15.8 Å². The van der Waals surface area contributed by atoms with E-state index in [1.807, 2.05) is 12.1 Å². The first-order chi connectivity index (χ1) is 9.19. The molecule has 4 heteroatoms. The third-order valence-electron chi connectivity index (χ3n) is 4.41. The van der Waals surface area contributed by atoms with Gasteiger partial charge in [-0.2, -0.15) is 0 Å². The Bertz CT molecular complexity index is 483. The zero-order chi connectivity index (χ0) is 13.4. The number of rotatable bonds is 3. The van der Waals surface area contributed by atoms with E-state index in [0.717, 1.165) is 24.8 Å². The third-order valence-corrected chi connectivity index (χ3v) is 4.41. The molecule has 0 bridgehead atoms. The number of fused-ring (bicyclic) bond motifs is 1. The molecule has 0 aliphatic heterocycles. The van der Waals surface area contributed by atoms with Crippen molar-refractivity contribution in [3.8, 4) is 0 Å². The van der Waals surface area contributed by atoms with Crippen molar-refractivity contribution in [1.82, 2.24) is 5.32 Å². The zero-order valence-corrected chi connectivity index (χ0v) is 11.1. The number of hydrogen-bond donors (Lipinski definition) is 2. The molecule has 1 aromatic carbocycles. The first-order valence-electron chi connectivity index (χ1n) is 6.85. The summed E-state index contributed by atoms with van der Waals surface area (Å²) in [5, 5.41) is 3.10. The third kappa shape index (κ3) is 2.26. The molecule has 1 amide bonds. The lowest BCUT2D eigenvalue weighted by Crippen LogP contribution is -2.48. The smallest absolute Gasteiger partial charge is 0.223 e. The number of carbonyl (C=O) groups is 1. The number of amides is 1. The van der Waals surface area contributed by atoms with Crippen LogP contribution in [0, 0.1) is 5.92 Å². The second kappa shape index (κ2) is 4.94. The number of ether oxygens (including phenoxy) is 1. The van der Waals surface area contributed by atoms with E-state index >= 15 is 0 Å². The number of carbonyl (C=O) groups excluding carboxylic acids is 1. The topological polar surface area (TPSA) is 64.3 Å². The van der Waals surface area contributed by atoms with E-state index in [1.54, 1.807) is 7.11 Å². The molecule has 19 heavy (non-hydrogen) atoms. The molecule has 0 unspecified atom stereocenters. The lowest BCUT2D eigenvalue weighted by Gasteiger charge is -2.34. The van der Waals surface area contributed by atoms with E-state index in [9.17, 15) is 4.79 Å². The van der Waals surface area contributed by atoms with Crippen LogP contribution in [-0.2, 0) is 16.0 Å². The maximum absolute atomic E-state index is 12.1. The Kier molecular flexibility index (Phi) is 3.29. The molecule has 0 saturated heterocycles. The number of nitrogens with two attached hydrogens (primary N) is 1. The van der Waals surface area contributed by atoms with Crippen molar-refractivity contribution in [2.45, 2.75) is 37.5 Å². The fraction of sp³-hybridized carbons (Fsp3) is 0.533. The van der Waals surface area contributed by atoms with Crippen molar-refractivity contribution in [3.05, 3.63) is 35.4 Å². The van der Waals surface area contributed by atoms with Gasteiger partial charge in [-0.3, -0.25) is 4.79 Å². The quantitative estimate of drug-likeness (QED) is 0.857. The van der Waals surface area contributed by atoms with Gasteiger partial charge >= 0.3 is 0 Å². The summed E-state index contributed by atoms with van der Waals surface area (Å²) in [6, 6.07) is 8.11. The molecule has 3 N–H and O–H groups in total. The monoisotopic (exact) mass is 260 g/mol. The predicted molar refractivity (Wildman–Crippen MR) is 72.5 cm³/mol. The maximum Gasteiger partial charge on any atom is 0.223 e. The Hall–Kier alpha value is -1.39. The van der Waals surface area contributed by atoms with Crippen LogP contribution in [0.4, 0.5) is 0 Å². The summed E-state index contributed by atoms with van der Waals surface area (Å²) in [4.78, 5) is 12.1. The Balaban J connectivity index is 1.59.